The van der Waals surface area contributed by atoms with E-state index < -0.39 is 17.7 Å². The molecular formula is C18H24FN3O3S. The highest BCUT2D eigenvalue weighted by Crippen LogP contribution is 2.27. The minimum atomic E-state index is -0.596. The van der Waals surface area contributed by atoms with Gasteiger partial charge in [-0.1, -0.05) is 43.8 Å². The second-order valence-electron chi connectivity index (χ2n) is 7.15. The Hall–Kier alpha value is -2.09. The van der Waals surface area contributed by atoms with Gasteiger partial charge in [0.2, 0.25) is 5.89 Å². The third-order valence-electron chi connectivity index (χ3n) is 3.34. The quantitative estimate of drug-likeness (QED) is 0.730. The molecule has 1 aromatic heterocycles. The predicted molar refractivity (Wildman–Crippen MR) is 97.2 cm³/mol. The first-order chi connectivity index (χ1) is 12.2. The van der Waals surface area contributed by atoms with Crippen LogP contribution in [0.5, 0.6) is 0 Å². The third-order valence-corrected chi connectivity index (χ3v) is 4.20. The van der Waals surface area contributed by atoms with Crippen molar-refractivity contribution < 1.29 is 18.3 Å². The van der Waals surface area contributed by atoms with E-state index >= 15 is 0 Å². The maximum absolute atomic E-state index is 13.7. The summed E-state index contributed by atoms with van der Waals surface area (Å²) >= 11 is 1.24. The number of carbonyl (C=O) groups excluding carboxylic acids is 1. The molecule has 6 nitrogen and oxygen atoms in total. The Balaban J connectivity index is 2.02. The van der Waals surface area contributed by atoms with Crippen LogP contribution in [0.1, 0.15) is 52.1 Å². The molecule has 0 bridgehead atoms. The first kappa shape index (κ1) is 20.2. The van der Waals surface area contributed by atoms with E-state index in [0.29, 0.717) is 22.4 Å². The lowest BCUT2D eigenvalue weighted by Crippen LogP contribution is -2.37. The molecule has 1 atom stereocenters. The highest BCUT2D eigenvalue weighted by atomic mass is 32.2. The van der Waals surface area contributed by atoms with Crippen LogP contribution in [0.15, 0.2) is 33.9 Å². The number of amides is 1. The molecule has 0 aliphatic rings. The van der Waals surface area contributed by atoms with Crippen molar-refractivity contribution in [1.29, 1.82) is 0 Å². The van der Waals surface area contributed by atoms with Gasteiger partial charge in [0, 0.05) is 5.75 Å². The summed E-state index contributed by atoms with van der Waals surface area (Å²) < 4.78 is 24.6. The summed E-state index contributed by atoms with van der Waals surface area (Å²) in [7, 11) is 0. The van der Waals surface area contributed by atoms with Gasteiger partial charge in [0.05, 0.1) is 0 Å². The SMILES string of the molecule is CC(C)[C@H](NC(=O)OC(C)(C)C)c1nnc(SCc2ccccc2F)o1. The van der Waals surface area contributed by atoms with Crippen molar-refractivity contribution in [2.24, 2.45) is 5.92 Å². The number of carbonyl (C=O) groups is 1. The van der Waals surface area contributed by atoms with E-state index in [1.807, 2.05) is 13.8 Å². The van der Waals surface area contributed by atoms with E-state index in [2.05, 4.69) is 15.5 Å². The van der Waals surface area contributed by atoms with E-state index in [1.165, 1.54) is 17.8 Å². The minimum absolute atomic E-state index is 0.0207. The van der Waals surface area contributed by atoms with Crippen molar-refractivity contribution in [3.8, 4) is 0 Å². The lowest BCUT2D eigenvalue weighted by molar-refractivity contribution is 0.0477. The Morgan fingerprint density at radius 1 is 1.31 bits per heavy atom. The number of thioether (sulfide) groups is 1. The van der Waals surface area contributed by atoms with E-state index in [1.54, 1.807) is 39.0 Å². The van der Waals surface area contributed by atoms with Crippen molar-refractivity contribution in [3.05, 3.63) is 41.5 Å². The number of ether oxygens (including phenoxy) is 1. The maximum atomic E-state index is 13.7. The Bertz CT molecular complexity index is 743. The highest BCUT2D eigenvalue weighted by Gasteiger charge is 2.27. The molecule has 2 aromatic rings. The highest BCUT2D eigenvalue weighted by molar-refractivity contribution is 7.98. The molecule has 0 aliphatic carbocycles. The molecule has 0 spiro atoms. The zero-order valence-corrected chi connectivity index (χ0v) is 16.4. The van der Waals surface area contributed by atoms with Gasteiger partial charge in [-0.2, -0.15) is 0 Å². The second kappa shape index (κ2) is 8.53. The molecule has 0 aliphatic heterocycles. The predicted octanol–water partition coefficient (Wildman–Crippen LogP) is 4.72. The first-order valence-electron chi connectivity index (χ1n) is 8.35. The zero-order valence-electron chi connectivity index (χ0n) is 15.6. The van der Waals surface area contributed by atoms with E-state index in [-0.39, 0.29) is 11.7 Å². The van der Waals surface area contributed by atoms with Gasteiger partial charge in [-0.05, 0) is 38.3 Å². The van der Waals surface area contributed by atoms with E-state index in [0.717, 1.165) is 0 Å². The summed E-state index contributed by atoms with van der Waals surface area (Å²) in [4.78, 5) is 12.0. The van der Waals surface area contributed by atoms with Crippen LogP contribution >= 0.6 is 11.8 Å². The lowest BCUT2D eigenvalue weighted by atomic mass is 10.1. The summed E-state index contributed by atoms with van der Waals surface area (Å²) in [5.41, 5.74) is -0.0362. The van der Waals surface area contributed by atoms with Gasteiger partial charge < -0.3 is 14.5 Å². The van der Waals surface area contributed by atoms with Gasteiger partial charge in [-0.15, -0.1) is 10.2 Å². The number of hydrogen-bond donors (Lipinski definition) is 1. The average Bonchev–Trinajstić information content (AvgIpc) is 2.98. The number of aromatic nitrogens is 2. The normalized spacial score (nSPS) is 12.9. The molecule has 0 radical (unpaired) electrons. The Morgan fingerprint density at radius 2 is 2.00 bits per heavy atom. The van der Waals surface area contributed by atoms with Crippen LogP contribution in [-0.2, 0) is 10.5 Å². The molecule has 0 fully saturated rings. The Morgan fingerprint density at radius 3 is 2.62 bits per heavy atom. The smallest absolute Gasteiger partial charge is 0.408 e. The van der Waals surface area contributed by atoms with Gasteiger partial charge >= 0.3 is 6.09 Å². The van der Waals surface area contributed by atoms with Crippen LogP contribution in [0.3, 0.4) is 0 Å². The van der Waals surface area contributed by atoms with Gasteiger partial charge in [0.15, 0.2) is 0 Å². The van der Waals surface area contributed by atoms with Crippen LogP contribution in [0, 0.1) is 11.7 Å². The monoisotopic (exact) mass is 381 g/mol. The topological polar surface area (TPSA) is 77.2 Å². The summed E-state index contributed by atoms with van der Waals surface area (Å²) in [6.07, 6.45) is -0.546. The van der Waals surface area contributed by atoms with Gasteiger partial charge in [0.1, 0.15) is 17.5 Å². The van der Waals surface area contributed by atoms with Crippen LogP contribution in [0.2, 0.25) is 0 Å². The minimum Gasteiger partial charge on any atom is -0.444 e. The van der Waals surface area contributed by atoms with Gasteiger partial charge in [-0.25, -0.2) is 9.18 Å². The molecule has 26 heavy (non-hydrogen) atoms. The van der Waals surface area contributed by atoms with Crippen molar-refractivity contribution in [1.82, 2.24) is 15.5 Å². The molecule has 1 aromatic carbocycles. The molecule has 2 rings (SSSR count). The maximum Gasteiger partial charge on any atom is 0.408 e. The van der Waals surface area contributed by atoms with Crippen LogP contribution < -0.4 is 5.32 Å². The second-order valence-corrected chi connectivity index (χ2v) is 8.08. The van der Waals surface area contributed by atoms with Crippen LogP contribution in [0.25, 0.3) is 0 Å². The largest absolute Gasteiger partial charge is 0.444 e. The molecule has 1 amide bonds. The molecule has 142 valence electrons. The fourth-order valence-corrected chi connectivity index (χ4v) is 2.86. The lowest BCUT2D eigenvalue weighted by Gasteiger charge is -2.23. The van der Waals surface area contributed by atoms with Crippen molar-refractivity contribution in [2.45, 2.75) is 57.2 Å². The van der Waals surface area contributed by atoms with Crippen molar-refractivity contribution in [2.75, 3.05) is 0 Å². The number of alkyl carbamates (subject to hydrolysis) is 1. The zero-order chi connectivity index (χ0) is 19.3. The standard InChI is InChI=1S/C18H24FN3O3S/c1-11(2)14(20-16(23)25-18(3,4)5)15-21-22-17(24-15)26-10-12-8-6-7-9-13(12)19/h6-9,11,14H,10H2,1-5H3,(H,20,23)/t14-/m0/s1. The number of benzene rings is 1. The van der Waals surface area contributed by atoms with Gasteiger partial charge in [-0.3, -0.25) is 0 Å². The number of nitrogens with one attached hydrogen (secondary N) is 1. The molecule has 0 unspecified atom stereocenters. The summed E-state index contributed by atoms with van der Waals surface area (Å²) in [5.74, 6) is 0.417. The Labute approximate surface area is 156 Å². The molecule has 0 saturated heterocycles. The Kier molecular flexibility index (Phi) is 6.63. The molecular weight excluding hydrogens is 357 g/mol. The molecule has 0 saturated carbocycles. The third kappa shape index (κ3) is 6.01. The molecule has 1 N–H and O–H groups in total. The molecule has 8 heteroatoms. The fraction of sp³-hybridized carbons (Fsp3) is 0.500. The number of rotatable bonds is 6. The van der Waals surface area contributed by atoms with Gasteiger partial charge in [0.25, 0.3) is 5.22 Å². The van der Waals surface area contributed by atoms with E-state index in [9.17, 15) is 9.18 Å². The fourth-order valence-electron chi connectivity index (χ4n) is 2.11. The first-order valence-corrected chi connectivity index (χ1v) is 9.33. The van der Waals surface area contributed by atoms with E-state index in [4.69, 9.17) is 9.15 Å². The van der Waals surface area contributed by atoms with Crippen molar-refractivity contribution in [3.63, 3.8) is 0 Å². The summed E-state index contributed by atoms with van der Waals surface area (Å²) in [6.45, 7) is 9.24. The van der Waals surface area contributed by atoms with Crippen LogP contribution in [-0.4, -0.2) is 21.9 Å². The number of nitrogens with zero attached hydrogens (tertiary/aromatic N) is 2. The van der Waals surface area contributed by atoms with Crippen molar-refractivity contribution >= 4 is 17.9 Å². The van der Waals surface area contributed by atoms with Crippen LogP contribution in [0.4, 0.5) is 9.18 Å². The number of hydrogen-bond acceptors (Lipinski definition) is 6. The molecule has 1 heterocycles. The summed E-state index contributed by atoms with van der Waals surface area (Å²) in [5, 5.41) is 11.1. The summed E-state index contributed by atoms with van der Waals surface area (Å²) in [6, 6.07) is 6.07. The number of halogens is 1. The average molecular weight is 381 g/mol.